The Kier molecular flexibility index (Phi) is 4.56. The summed E-state index contributed by atoms with van der Waals surface area (Å²) in [6.45, 7) is 5.95. The molecular weight excluding hydrogens is 191 g/mol. The number of benzene rings is 1. The Labute approximate surface area is 91.1 Å². The van der Waals surface area contributed by atoms with E-state index in [2.05, 4.69) is 31.1 Å². The molecule has 0 saturated heterocycles. The van der Waals surface area contributed by atoms with Gasteiger partial charge in [0.15, 0.2) is 0 Å². The monoisotopic (exact) mass is 210 g/mol. The van der Waals surface area contributed by atoms with E-state index in [4.69, 9.17) is 0 Å². The van der Waals surface area contributed by atoms with Gasteiger partial charge in [0.1, 0.15) is 5.82 Å². The molecule has 0 aliphatic rings. The number of hydrogen-bond donors (Lipinski definition) is 1. The van der Waals surface area contributed by atoms with Crippen LogP contribution in [0.15, 0.2) is 24.3 Å². The lowest BCUT2D eigenvalue weighted by atomic mass is 10.3. The highest BCUT2D eigenvalue weighted by atomic mass is 19.1. The topological polar surface area (TPSA) is 15.3 Å². The molecule has 2 nitrogen and oxygen atoms in total. The summed E-state index contributed by atoms with van der Waals surface area (Å²) < 4.78 is 13.2. The van der Waals surface area contributed by atoms with Gasteiger partial charge in [-0.3, -0.25) is 0 Å². The van der Waals surface area contributed by atoms with Crippen molar-refractivity contribution in [3.8, 4) is 0 Å². The molecular formula is C12H19FN2. The van der Waals surface area contributed by atoms with Gasteiger partial charge in [-0.1, -0.05) is 12.1 Å². The predicted molar refractivity (Wildman–Crippen MR) is 62.7 cm³/mol. The molecule has 0 spiro atoms. The molecule has 0 bridgehead atoms. The van der Waals surface area contributed by atoms with E-state index in [1.54, 1.807) is 12.1 Å². The van der Waals surface area contributed by atoms with Crippen LogP contribution in [0.3, 0.4) is 0 Å². The van der Waals surface area contributed by atoms with Crippen molar-refractivity contribution >= 4 is 5.69 Å². The average Bonchev–Trinajstić information content (AvgIpc) is 2.20. The van der Waals surface area contributed by atoms with Gasteiger partial charge in [-0.25, -0.2) is 4.39 Å². The molecule has 0 aromatic heterocycles. The summed E-state index contributed by atoms with van der Waals surface area (Å²) >= 11 is 0. The maximum atomic E-state index is 13.2. The molecule has 0 amide bonds. The molecule has 0 fully saturated rings. The Morgan fingerprint density at radius 2 is 2.00 bits per heavy atom. The van der Waals surface area contributed by atoms with Crippen LogP contribution in [-0.2, 0) is 0 Å². The first-order valence-electron chi connectivity index (χ1n) is 5.30. The summed E-state index contributed by atoms with van der Waals surface area (Å²) in [5.41, 5.74) is 0.578. The van der Waals surface area contributed by atoms with Crippen LogP contribution in [0.2, 0.25) is 0 Å². The van der Waals surface area contributed by atoms with Crippen LogP contribution in [0.4, 0.5) is 10.1 Å². The zero-order chi connectivity index (χ0) is 11.3. The zero-order valence-electron chi connectivity index (χ0n) is 9.63. The highest BCUT2D eigenvalue weighted by Crippen LogP contribution is 2.11. The van der Waals surface area contributed by atoms with Gasteiger partial charge in [-0.2, -0.15) is 0 Å². The minimum atomic E-state index is -0.190. The van der Waals surface area contributed by atoms with Gasteiger partial charge in [-0.15, -0.1) is 0 Å². The van der Waals surface area contributed by atoms with Crippen molar-refractivity contribution in [2.75, 3.05) is 25.5 Å². The average molecular weight is 210 g/mol. The number of para-hydroxylation sites is 1. The molecule has 0 aliphatic carbocycles. The standard InChI is InChI=1S/C12H19FN2/c1-10(2)15(3)9-8-14-12-7-5-4-6-11(12)13/h4-7,10,14H,8-9H2,1-3H3. The van der Waals surface area contributed by atoms with Gasteiger partial charge in [0, 0.05) is 19.1 Å². The molecule has 0 unspecified atom stereocenters. The first-order chi connectivity index (χ1) is 7.11. The Bertz CT molecular complexity index is 299. The van der Waals surface area contributed by atoms with Crippen molar-refractivity contribution < 1.29 is 4.39 Å². The number of anilines is 1. The molecule has 1 rings (SSSR count). The van der Waals surface area contributed by atoms with E-state index in [9.17, 15) is 4.39 Å². The fourth-order valence-electron chi connectivity index (χ4n) is 1.23. The summed E-state index contributed by atoms with van der Waals surface area (Å²) in [6, 6.07) is 7.27. The Hall–Kier alpha value is -1.09. The molecule has 0 heterocycles. The fraction of sp³-hybridized carbons (Fsp3) is 0.500. The molecule has 0 atom stereocenters. The Balaban J connectivity index is 2.35. The second kappa shape index (κ2) is 5.71. The van der Waals surface area contributed by atoms with Gasteiger partial charge in [0.2, 0.25) is 0 Å². The highest BCUT2D eigenvalue weighted by Gasteiger charge is 2.03. The van der Waals surface area contributed by atoms with Crippen LogP contribution >= 0.6 is 0 Å². The minimum absolute atomic E-state index is 0.190. The molecule has 0 saturated carbocycles. The van der Waals surface area contributed by atoms with E-state index in [0.717, 1.165) is 13.1 Å². The fourth-order valence-corrected chi connectivity index (χ4v) is 1.23. The van der Waals surface area contributed by atoms with Crippen molar-refractivity contribution in [3.05, 3.63) is 30.1 Å². The molecule has 1 aromatic carbocycles. The van der Waals surface area contributed by atoms with Crippen LogP contribution in [0.1, 0.15) is 13.8 Å². The maximum Gasteiger partial charge on any atom is 0.146 e. The van der Waals surface area contributed by atoms with Gasteiger partial charge >= 0.3 is 0 Å². The number of rotatable bonds is 5. The molecule has 1 N–H and O–H groups in total. The van der Waals surface area contributed by atoms with E-state index < -0.39 is 0 Å². The number of nitrogens with zero attached hydrogens (tertiary/aromatic N) is 1. The quantitative estimate of drug-likeness (QED) is 0.803. The van der Waals surface area contributed by atoms with Gasteiger partial charge in [0.05, 0.1) is 5.69 Å². The molecule has 0 aliphatic heterocycles. The first kappa shape index (κ1) is 12.0. The summed E-state index contributed by atoms with van der Waals surface area (Å²) in [6.07, 6.45) is 0. The van der Waals surface area contributed by atoms with Gasteiger partial charge in [-0.05, 0) is 33.0 Å². The molecule has 84 valence electrons. The minimum Gasteiger partial charge on any atom is -0.381 e. The number of likely N-dealkylation sites (N-methyl/N-ethyl adjacent to an activating group) is 1. The summed E-state index contributed by atoms with van der Waals surface area (Å²) in [5.74, 6) is -0.190. The molecule has 1 aromatic rings. The third kappa shape index (κ3) is 3.88. The second-order valence-electron chi connectivity index (χ2n) is 3.98. The Morgan fingerprint density at radius 3 is 2.60 bits per heavy atom. The van der Waals surface area contributed by atoms with Crippen LogP contribution in [0.5, 0.6) is 0 Å². The van der Waals surface area contributed by atoms with Crippen LogP contribution in [0.25, 0.3) is 0 Å². The largest absolute Gasteiger partial charge is 0.381 e. The lowest BCUT2D eigenvalue weighted by molar-refractivity contribution is 0.284. The van der Waals surface area contributed by atoms with Crippen LogP contribution < -0.4 is 5.32 Å². The summed E-state index contributed by atoms with van der Waals surface area (Å²) in [4.78, 5) is 2.22. The smallest absolute Gasteiger partial charge is 0.146 e. The lowest BCUT2D eigenvalue weighted by Crippen LogP contribution is -2.31. The van der Waals surface area contributed by atoms with Crippen molar-refractivity contribution in [3.63, 3.8) is 0 Å². The normalized spacial score (nSPS) is 11.1. The molecule has 0 radical (unpaired) electrons. The van der Waals surface area contributed by atoms with E-state index >= 15 is 0 Å². The maximum absolute atomic E-state index is 13.2. The lowest BCUT2D eigenvalue weighted by Gasteiger charge is -2.21. The summed E-state index contributed by atoms with van der Waals surface area (Å²) in [5, 5.41) is 3.08. The van der Waals surface area contributed by atoms with E-state index in [-0.39, 0.29) is 5.82 Å². The van der Waals surface area contributed by atoms with Crippen molar-refractivity contribution in [1.29, 1.82) is 0 Å². The van der Waals surface area contributed by atoms with Crippen molar-refractivity contribution in [2.24, 2.45) is 0 Å². The van der Waals surface area contributed by atoms with Crippen LogP contribution in [-0.4, -0.2) is 31.1 Å². The number of halogens is 1. The first-order valence-corrected chi connectivity index (χ1v) is 5.30. The third-order valence-electron chi connectivity index (χ3n) is 2.54. The van der Waals surface area contributed by atoms with Crippen molar-refractivity contribution in [2.45, 2.75) is 19.9 Å². The highest BCUT2D eigenvalue weighted by molar-refractivity contribution is 5.44. The second-order valence-corrected chi connectivity index (χ2v) is 3.98. The van der Waals surface area contributed by atoms with Crippen LogP contribution in [0, 0.1) is 5.82 Å². The molecule has 3 heteroatoms. The molecule has 15 heavy (non-hydrogen) atoms. The van der Waals surface area contributed by atoms with Crippen molar-refractivity contribution in [1.82, 2.24) is 4.90 Å². The zero-order valence-corrected chi connectivity index (χ0v) is 9.63. The SMILES string of the molecule is CC(C)N(C)CCNc1ccccc1F. The van der Waals surface area contributed by atoms with E-state index in [0.29, 0.717) is 11.7 Å². The van der Waals surface area contributed by atoms with Gasteiger partial charge in [0.25, 0.3) is 0 Å². The predicted octanol–water partition coefficient (Wildman–Crippen LogP) is 2.58. The van der Waals surface area contributed by atoms with Gasteiger partial charge < -0.3 is 10.2 Å². The van der Waals surface area contributed by atoms with E-state index in [1.807, 2.05) is 6.07 Å². The third-order valence-corrected chi connectivity index (χ3v) is 2.54. The number of hydrogen-bond acceptors (Lipinski definition) is 2. The Morgan fingerprint density at radius 1 is 1.33 bits per heavy atom. The van der Waals surface area contributed by atoms with E-state index in [1.165, 1.54) is 6.07 Å². The summed E-state index contributed by atoms with van der Waals surface area (Å²) in [7, 11) is 2.06. The number of nitrogens with one attached hydrogen (secondary N) is 1.